The molecule has 20 heavy (non-hydrogen) atoms. The fourth-order valence-corrected chi connectivity index (χ4v) is 4.53. The van der Waals surface area contributed by atoms with Crippen molar-refractivity contribution in [3.05, 3.63) is 64.7 Å². The maximum Gasteiger partial charge on any atom is 0.0722 e. The molecule has 2 aliphatic rings. The van der Waals surface area contributed by atoms with Crippen LogP contribution in [0.3, 0.4) is 0 Å². The average Bonchev–Trinajstić information content (AvgIpc) is 2.76. The molecule has 0 N–H and O–H groups in total. The molecule has 1 aliphatic heterocycles. The second-order valence-electron chi connectivity index (χ2n) is 6.82. The number of hydrogen-bond donors (Lipinski definition) is 0. The van der Waals surface area contributed by atoms with Crippen LogP contribution in [0.5, 0.6) is 0 Å². The van der Waals surface area contributed by atoms with Crippen LogP contribution in [0.15, 0.2) is 42.5 Å². The van der Waals surface area contributed by atoms with Crippen molar-refractivity contribution in [2.45, 2.75) is 38.1 Å². The summed E-state index contributed by atoms with van der Waals surface area (Å²) in [6.07, 6.45) is 1.14. The number of rotatable bonds is 0. The minimum absolute atomic E-state index is 0.0692. The van der Waals surface area contributed by atoms with Crippen molar-refractivity contribution in [1.82, 2.24) is 0 Å². The largest absolute Gasteiger partial charge is 0.364 e. The first-order valence-electron chi connectivity index (χ1n) is 7.42. The van der Waals surface area contributed by atoms with E-state index < -0.39 is 0 Å². The lowest BCUT2D eigenvalue weighted by molar-refractivity contribution is 0.305. The van der Waals surface area contributed by atoms with Gasteiger partial charge in [0.15, 0.2) is 0 Å². The molecule has 0 bridgehead atoms. The molecule has 1 aliphatic carbocycles. The van der Waals surface area contributed by atoms with Gasteiger partial charge in [0.25, 0.3) is 0 Å². The van der Waals surface area contributed by atoms with Crippen LogP contribution < -0.4 is 4.90 Å². The maximum atomic E-state index is 2.49. The molecule has 2 unspecified atom stereocenters. The smallest absolute Gasteiger partial charge is 0.0722 e. The summed E-state index contributed by atoms with van der Waals surface area (Å²) < 4.78 is 0. The summed E-state index contributed by atoms with van der Waals surface area (Å²) >= 11 is 0. The van der Waals surface area contributed by atoms with E-state index >= 15 is 0 Å². The average molecular weight is 263 g/mol. The van der Waals surface area contributed by atoms with E-state index in [1.54, 1.807) is 0 Å². The Labute approximate surface area is 121 Å². The van der Waals surface area contributed by atoms with E-state index in [-0.39, 0.29) is 11.0 Å². The highest BCUT2D eigenvalue weighted by Crippen LogP contribution is 2.61. The highest BCUT2D eigenvalue weighted by Gasteiger charge is 2.60. The lowest BCUT2D eigenvalue weighted by Crippen LogP contribution is -2.47. The minimum atomic E-state index is 0.0692. The Morgan fingerprint density at radius 3 is 2.55 bits per heavy atom. The quantitative estimate of drug-likeness (QED) is 0.689. The molecule has 0 amide bonds. The molecule has 2 aromatic rings. The van der Waals surface area contributed by atoms with Crippen LogP contribution in [0, 0.1) is 6.92 Å². The summed E-state index contributed by atoms with van der Waals surface area (Å²) in [4.78, 5) is 2.49. The van der Waals surface area contributed by atoms with Crippen LogP contribution in [0.25, 0.3) is 0 Å². The van der Waals surface area contributed by atoms with Crippen molar-refractivity contribution in [1.29, 1.82) is 0 Å². The third kappa shape index (κ3) is 1.11. The molecule has 1 heteroatoms. The van der Waals surface area contributed by atoms with Crippen LogP contribution >= 0.6 is 0 Å². The SMILES string of the molecule is Cc1ccc2c(c1)C1(C)Cc3ccccc3C1(C)N2C. The molecule has 4 rings (SSSR count). The van der Waals surface area contributed by atoms with Crippen molar-refractivity contribution in [3.63, 3.8) is 0 Å². The summed E-state index contributed by atoms with van der Waals surface area (Å²) in [7, 11) is 2.25. The zero-order chi connectivity index (χ0) is 14.1. The Bertz CT molecular complexity index is 717. The predicted octanol–water partition coefficient (Wildman–Crippen LogP) is 4.17. The molecule has 0 radical (unpaired) electrons. The standard InChI is InChI=1S/C19H21N/c1-13-9-10-17-16(11-13)18(2)12-14-7-5-6-8-15(14)19(18,3)20(17)4/h5-11H,12H2,1-4H3. The minimum Gasteiger partial charge on any atom is -0.364 e. The predicted molar refractivity (Wildman–Crippen MR) is 84.4 cm³/mol. The van der Waals surface area contributed by atoms with Crippen LogP contribution in [-0.2, 0) is 17.4 Å². The molecule has 1 heterocycles. The molecule has 0 saturated heterocycles. The highest BCUT2D eigenvalue weighted by molar-refractivity contribution is 5.71. The summed E-state index contributed by atoms with van der Waals surface area (Å²) in [5, 5.41) is 0. The Balaban J connectivity index is 2.04. The van der Waals surface area contributed by atoms with Gasteiger partial charge in [0.2, 0.25) is 0 Å². The molecule has 0 saturated carbocycles. The molecular weight excluding hydrogens is 242 g/mol. The monoisotopic (exact) mass is 263 g/mol. The van der Waals surface area contributed by atoms with Crippen LogP contribution in [-0.4, -0.2) is 7.05 Å². The van der Waals surface area contributed by atoms with E-state index in [1.807, 2.05) is 0 Å². The van der Waals surface area contributed by atoms with E-state index in [1.165, 1.54) is 27.9 Å². The normalized spacial score (nSPS) is 30.1. The number of nitrogens with zero attached hydrogens (tertiary/aromatic N) is 1. The summed E-state index contributed by atoms with van der Waals surface area (Å²) in [5.74, 6) is 0. The number of benzene rings is 2. The Kier molecular flexibility index (Phi) is 2.08. The highest BCUT2D eigenvalue weighted by atomic mass is 15.2. The molecule has 1 nitrogen and oxygen atoms in total. The summed E-state index contributed by atoms with van der Waals surface area (Å²) in [6, 6.07) is 15.9. The van der Waals surface area contributed by atoms with Gasteiger partial charge in [-0.15, -0.1) is 0 Å². The van der Waals surface area contributed by atoms with Crippen LogP contribution in [0.1, 0.15) is 36.1 Å². The van der Waals surface area contributed by atoms with Gasteiger partial charge in [0.1, 0.15) is 0 Å². The van der Waals surface area contributed by atoms with Gasteiger partial charge in [-0.2, -0.15) is 0 Å². The Hall–Kier alpha value is -1.76. The second-order valence-corrected chi connectivity index (χ2v) is 6.82. The van der Waals surface area contributed by atoms with E-state index in [4.69, 9.17) is 0 Å². The Morgan fingerprint density at radius 2 is 1.75 bits per heavy atom. The van der Waals surface area contributed by atoms with Crippen molar-refractivity contribution < 1.29 is 0 Å². The molecule has 102 valence electrons. The van der Waals surface area contributed by atoms with Crippen LogP contribution in [0.2, 0.25) is 0 Å². The zero-order valence-corrected chi connectivity index (χ0v) is 12.7. The number of likely N-dealkylation sites (N-methyl/N-ethyl adjacent to an activating group) is 1. The van der Waals surface area contributed by atoms with Gasteiger partial charge in [-0.25, -0.2) is 0 Å². The first-order valence-corrected chi connectivity index (χ1v) is 7.42. The van der Waals surface area contributed by atoms with Gasteiger partial charge >= 0.3 is 0 Å². The van der Waals surface area contributed by atoms with Crippen LogP contribution in [0.4, 0.5) is 5.69 Å². The van der Waals surface area contributed by atoms with E-state index in [2.05, 4.69) is 75.2 Å². The fourth-order valence-electron chi connectivity index (χ4n) is 4.53. The van der Waals surface area contributed by atoms with Gasteiger partial charge < -0.3 is 4.90 Å². The topological polar surface area (TPSA) is 3.24 Å². The molecule has 0 aromatic heterocycles. The van der Waals surface area contributed by atoms with Crippen molar-refractivity contribution in [2.75, 3.05) is 11.9 Å². The lowest BCUT2D eigenvalue weighted by Gasteiger charge is -2.41. The molecule has 0 fully saturated rings. The lowest BCUT2D eigenvalue weighted by atomic mass is 9.70. The third-order valence-corrected chi connectivity index (χ3v) is 5.94. The zero-order valence-electron chi connectivity index (χ0n) is 12.7. The van der Waals surface area contributed by atoms with Gasteiger partial charge in [-0.3, -0.25) is 0 Å². The second kappa shape index (κ2) is 3.46. The first kappa shape index (κ1) is 12.0. The first-order chi connectivity index (χ1) is 9.48. The number of fused-ring (bicyclic) bond motifs is 5. The summed E-state index contributed by atoms with van der Waals surface area (Å²) in [6.45, 7) is 7.05. The van der Waals surface area contributed by atoms with Gasteiger partial charge in [-0.05, 0) is 43.0 Å². The molecule has 0 spiro atoms. The number of anilines is 1. The third-order valence-electron chi connectivity index (χ3n) is 5.94. The summed E-state index contributed by atoms with van der Waals surface area (Å²) in [5.41, 5.74) is 7.52. The number of hydrogen-bond acceptors (Lipinski definition) is 1. The van der Waals surface area contributed by atoms with Crippen molar-refractivity contribution in [2.24, 2.45) is 0 Å². The van der Waals surface area contributed by atoms with Gasteiger partial charge in [0.05, 0.1) is 5.54 Å². The molecule has 2 aromatic carbocycles. The number of aryl methyl sites for hydroxylation is 1. The van der Waals surface area contributed by atoms with Crippen molar-refractivity contribution in [3.8, 4) is 0 Å². The van der Waals surface area contributed by atoms with Crippen molar-refractivity contribution >= 4 is 5.69 Å². The fraction of sp³-hybridized carbons (Fsp3) is 0.368. The molecule has 2 atom stereocenters. The Morgan fingerprint density at radius 1 is 1.00 bits per heavy atom. The van der Waals surface area contributed by atoms with E-state index in [0.717, 1.165) is 6.42 Å². The van der Waals surface area contributed by atoms with E-state index in [0.29, 0.717) is 0 Å². The molecular formula is C19H21N. The van der Waals surface area contributed by atoms with E-state index in [9.17, 15) is 0 Å². The maximum absolute atomic E-state index is 2.49. The van der Waals surface area contributed by atoms with Gasteiger partial charge in [0, 0.05) is 18.2 Å². The van der Waals surface area contributed by atoms with Gasteiger partial charge in [-0.1, -0.05) is 48.9 Å².